The van der Waals surface area contributed by atoms with Gasteiger partial charge in [-0.15, -0.1) is 0 Å². The van der Waals surface area contributed by atoms with Crippen LogP contribution < -0.4 is 10.2 Å². The van der Waals surface area contributed by atoms with E-state index in [-0.39, 0.29) is 0 Å². The molecule has 2 aromatic heterocycles. The third kappa shape index (κ3) is 4.75. The number of hydrogen-bond acceptors (Lipinski definition) is 7. The summed E-state index contributed by atoms with van der Waals surface area (Å²) < 4.78 is 5.08. The second-order valence-corrected chi connectivity index (χ2v) is 6.81. The minimum absolute atomic E-state index is 0.650. The van der Waals surface area contributed by atoms with Crippen LogP contribution in [0.2, 0.25) is 0 Å². The topological polar surface area (TPSA) is 70.3 Å². The lowest BCUT2D eigenvalue weighted by atomic mass is 10.2. The number of nitrogens with one attached hydrogen (secondary N) is 1. The first-order valence-corrected chi connectivity index (χ1v) is 9.47. The lowest BCUT2D eigenvalue weighted by Crippen LogP contribution is -2.46. The summed E-state index contributed by atoms with van der Waals surface area (Å²) in [5, 5.41) is 7.09. The normalized spacial score (nSPS) is 15.2. The zero-order valence-corrected chi connectivity index (χ0v) is 16.0. The molecule has 0 aliphatic carbocycles. The first-order valence-electron chi connectivity index (χ1n) is 9.47. The minimum Gasteiger partial charge on any atom is -0.360 e. The number of hydrogen-bond donors (Lipinski definition) is 1. The highest BCUT2D eigenvalue weighted by molar-refractivity contribution is 5.56. The molecule has 1 fully saturated rings. The molecular formula is C21H24N6O. The Kier molecular flexibility index (Phi) is 5.63. The number of piperazine rings is 1. The first kappa shape index (κ1) is 18.2. The molecule has 0 atom stereocenters. The van der Waals surface area contributed by atoms with E-state index in [9.17, 15) is 0 Å². The smallest absolute Gasteiger partial charge is 0.175 e. The van der Waals surface area contributed by atoms with Gasteiger partial charge in [0.25, 0.3) is 0 Å². The monoisotopic (exact) mass is 376 g/mol. The molecule has 4 rings (SSSR count). The van der Waals surface area contributed by atoms with Gasteiger partial charge < -0.3 is 14.7 Å². The van der Waals surface area contributed by atoms with E-state index in [2.05, 4.69) is 66.7 Å². The van der Waals surface area contributed by atoms with Crippen LogP contribution in [0.25, 0.3) is 6.08 Å². The average molecular weight is 376 g/mol. The zero-order chi connectivity index (χ0) is 19.2. The summed E-state index contributed by atoms with van der Waals surface area (Å²) in [6.45, 7) is 6.73. The number of nitrogens with zero attached hydrogens (tertiary/aromatic N) is 5. The van der Waals surface area contributed by atoms with E-state index in [1.165, 1.54) is 5.56 Å². The van der Waals surface area contributed by atoms with Crippen molar-refractivity contribution in [2.24, 2.45) is 0 Å². The van der Waals surface area contributed by atoms with Crippen molar-refractivity contribution in [1.29, 1.82) is 0 Å². The Bertz CT molecular complexity index is 915. The fraction of sp³-hybridized carbons (Fsp3) is 0.286. The van der Waals surface area contributed by atoms with E-state index >= 15 is 0 Å². The van der Waals surface area contributed by atoms with Crippen LogP contribution >= 0.6 is 0 Å². The Balaban J connectivity index is 1.30. The lowest BCUT2D eigenvalue weighted by molar-refractivity contribution is 0.283. The van der Waals surface area contributed by atoms with Gasteiger partial charge in [0, 0.05) is 44.9 Å². The van der Waals surface area contributed by atoms with Crippen molar-refractivity contribution in [3.63, 3.8) is 0 Å². The highest BCUT2D eigenvalue weighted by atomic mass is 16.5. The third-order valence-electron chi connectivity index (χ3n) is 4.71. The molecule has 7 heteroatoms. The van der Waals surface area contributed by atoms with E-state index in [0.717, 1.165) is 44.3 Å². The molecule has 3 aromatic rings. The van der Waals surface area contributed by atoms with Crippen LogP contribution in [-0.4, -0.2) is 52.7 Å². The van der Waals surface area contributed by atoms with Gasteiger partial charge in [-0.3, -0.25) is 4.90 Å². The minimum atomic E-state index is 0.650. The number of aromatic nitrogens is 3. The largest absolute Gasteiger partial charge is 0.360 e. The number of aryl methyl sites for hydroxylation is 1. The molecule has 7 nitrogen and oxygen atoms in total. The van der Waals surface area contributed by atoms with Gasteiger partial charge in [0.15, 0.2) is 5.82 Å². The van der Waals surface area contributed by atoms with E-state index in [0.29, 0.717) is 11.6 Å². The molecule has 28 heavy (non-hydrogen) atoms. The zero-order valence-electron chi connectivity index (χ0n) is 16.0. The van der Waals surface area contributed by atoms with E-state index in [4.69, 9.17) is 4.52 Å². The Morgan fingerprint density at radius 2 is 1.86 bits per heavy atom. The van der Waals surface area contributed by atoms with E-state index < -0.39 is 0 Å². The first-order chi connectivity index (χ1) is 13.8. The van der Waals surface area contributed by atoms with Gasteiger partial charge >= 0.3 is 0 Å². The van der Waals surface area contributed by atoms with Crippen molar-refractivity contribution in [3.8, 4) is 0 Å². The summed E-state index contributed by atoms with van der Waals surface area (Å²) in [4.78, 5) is 13.5. The van der Waals surface area contributed by atoms with Gasteiger partial charge in [0.1, 0.15) is 23.7 Å². The highest BCUT2D eigenvalue weighted by Gasteiger charge is 2.17. The lowest BCUT2D eigenvalue weighted by Gasteiger charge is -2.34. The van der Waals surface area contributed by atoms with Crippen LogP contribution in [-0.2, 0) is 0 Å². The maximum absolute atomic E-state index is 5.08. The summed E-state index contributed by atoms with van der Waals surface area (Å²) in [5.74, 6) is 3.05. The van der Waals surface area contributed by atoms with Gasteiger partial charge in [-0.1, -0.05) is 47.6 Å². The van der Waals surface area contributed by atoms with Gasteiger partial charge in [-0.2, -0.15) is 0 Å². The highest BCUT2D eigenvalue weighted by Crippen LogP contribution is 2.19. The van der Waals surface area contributed by atoms with Crippen molar-refractivity contribution in [2.75, 3.05) is 42.9 Å². The Labute approximate surface area is 164 Å². The van der Waals surface area contributed by atoms with Crippen LogP contribution in [0.5, 0.6) is 0 Å². The summed E-state index contributed by atoms with van der Waals surface area (Å²) in [7, 11) is 0. The Morgan fingerprint density at radius 3 is 2.61 bits per heavy atom. The molecule has 1 aromatic carbocycles. The molecule has 0 saturated carbocycles. The molecule has 1 saturated heterocycles. The average Bonchev–Trinajstić information content (AvgIpc) is 3.14. The molecule has 144 valence electrons. The number of anilines is 3. The van der Waals surface area contributed by atoms with Gasteiger partial charge in [-0.25, -0.2) is 9.97 Å². The van der Waals surface area contributed by atoms with Crippen LogP contribution in [0.15, 0.2) is 59.4 Å². The number of benzene rings is 1. The second-order valence-electron chi connectivity index (χ2n) is 6.81. The number of rotatable bonds is 6. The van der Waals surface area contributed by atoms with Gasteiger partial charge in [0.2, 0.25) is 0 Å². The standard InChI is InChI=1S/C21H24N6O/c1-17-14-20(25-28-17)24-19-15-21(23-16-22-19)27-12-10-26(11-13-27)9-5-8-18-6-3-2-4-7-18/h2-8,14-16H,9-13H2,1H3,(H,22,23,24,25)/b8-5+. The predicted molar refractivity (Wildman–Crippen MR) is 111 cm³/mol. The predicted octanol–water partition coefficient (Wildman–Crippen LogP) is 3.35. The molecule has 3 heterocycles. The van der Waals surface area contributed by atoms with Crippen molar-refractivity contribution >= 4 is 23.5 Å². The van der Waals surface area contributed by atoms with E-state index in [1.54, 1.807) is 6.33 Å². The van der Waals surface area contributed by atoms with Crippen LogP contribution in [0, 0.1) is 6.92 Å². The molecule has 1 aliphatic rings. The molecule has 0 bridgehead atoms. The molecule has 1 N–H and O–H groups in total. The van der Waals surface area contributed by atoms with Gasteiger partial charge in [0.05, 0.1) is 0 Å². The Morgan fingerprint density at radius 1 is 1.04 bits per heavy atom. The molecule has 0 unspecified atom stereocenters. The van der Waals surface area contributed by atoms with Crippen molar-refractivity contribution in [3.05, 3.63) is 66.2 Å². The quantitative estimate of drug-likeness (QED) is 0.707. The third-order valence-corrected chi connectivity index (χ3v) is 4.71. The summed E-state index contributed by atoms with van der Waals surface area (Å²) >= 11 is 0. The van der Waals surface area contributed by atoms with Crippen molar-refractivity contribution < 1.29 is 4.52 Å². The SMILES string of the molecule is Cc1cc(Nc2cc(N3CCN(C/C=C/c4ccccc4)CC3)ncn2)no1. The molecular weight excluding hydrogens is 352 g/mol. The maximum Gasteiger partial charge on any atom is 0.175 e. The molecule has 0 amide bonds. The van der Waals surface area contributed by atoms with Crippen LogP contribution in [0.1, 0.15) is 11.3 Å². The fourth-order valence-electron chi connectivity index (χ4n) is 3.21. The second kappa shape index (κ2) is 8.67. The van der Waals surface area contributed by atoms with Crippen molar-refractivity contribution in [1.82, 2.24) is 20.0 Å². The molecule has 1 aliphatic heterocycles. The summed E-state index contributed by atoms with van der Waals surface area (Å²) in [5.41, 5.74) is 1.24. The fourth-order valence-corrected chi connectivity index (χ4v) is 3.21. The maximum atomic E-state index is 5.08. The van der Waals surface area contributed by atoms with Crippen LogP contribution in [0.4, 0.5) is 17.5 Å². The van der Waals surface area contributed by atoms with Crippen LogP contribution in [0.3, 0.4) is 0 Å². The van der Waals surface area contributed by atoms with E-state index in [1.807, 2.05) is 25.1 Å². The van der Waals surface area contributed by atoms with Crippen molar-refractivity contribution in [2.45, 2.75) is 6.92 Å². The van der Waals surface area contributed by atoms with Gasteiger partial charge in [-0.05, 0) is 12.5 Å². The molecule has 0 radical (unpaired) electrons. The molecule has 0 spiro atoms. The Hall–Kier alpha value is -3.19. The summed E-state index contributed by atoms with van der Waals surface area (Å²) in [6, 6.07) is 14.2. The summed E-state index contributed by atoms with van der Waals surface area (Å²) in [6.07, 6.45) is 6.00.